The van der Waals surface area contributed by atoms with Crippen molar-refractivity contribution < 1.29 is 34.6 Å². The molecule has 13 heteroatoms. The molecule has 13 nitrogen and oxygen atoms in total. The SMILES string of the molecule is COC1C(O)C(CO)OC(OC(C)C(O)c2cnc3nc(N)[nH]c(=O)c3n2)C1O. The Morgan fingerprint density at radius 2 is 2.07 bits per heavy atom. The number of nitrogen functional groups attached to an aromatic ring is 1. The third-order valence-corrected chi connectivity index (χ3v) is 4.65. The summed E-state index contributed by atoms with van der Waals surface area (Å²) in [6.07, 6.45) is -7.17. The lowest BCUT2D eigenvalue weighted by atomic mass is 9.99. The Morgan fingerprint density at radius 1 is 1.34 bits per heavy atom. The predicted molar refractivity (Wildman–Crippen MR) is 96.4 cm³/mol. The van der Waals surface area contributed by atoms with E-state index in [0.29, 0.717) is 0 Å². The largest absolute Gasteiger partial charge is 0.394 e. The first-order valence-electron chi connectivity index (χ1n) is 8.78. The number of methoxy groups -OCH3 is 1. The number of nitrogens with one attached hydrogen (secondary N) is 1. The van der Waals surface area contributed by atoms with E-state index in [4.69, 9.17) is 19.9 Å². The molecule has 1 saturated heterocycles. The third-order valence-electron chi connectivity index (χ3n) is 4.65. The average Bonchev–Trinajstić information content (AvgIpc) is 2.69. The van der Waals surface area contributed by atoms with Crippen LogP contribution in [0.1, 0.15) is 18.7 Å². The molecule has 7 N–H and O–H groups in total. The maximum Gasteiger partial charge on any atom is 0.280 e. The number of aromatic nitrogens is 4. The summed E-state index contributed by atoms with van der Waals surface area (Å²) in [5.41, 5.74) is 4.77. The van der Waals surface area contributed by atoms with Crippen molar-refractivity contribution >= 4 is 17.1 Å². The average molecular weight is 413 g/mol. The highest BCUT2D eigenvalue weighted by atomic mass is 16.7. The predicted octanol–water partition coefficient (Wildman–Crippen LogP) is -2.81. The van der Waals surface area contributed by atoms with Crippen molar-refractivity contribution in [2.24, 2.45) is 0 Å². The molecule has 0 radical (unpaired) electrons. The van der Waals surface area contributed by atoms with E-state index in [0.717, 1.165) is 0 Å². The Kier molecular flexibility index (Phi) is 6.38. The van der Waals surface area contributed by atoms with Crippen LogP contribution in [-0.2, 0) is 14.2 Å². The van der Waals surface area contributed by atoms with Gasteiger partial charge < -0.3 is 40.4 Å². The summed E-state index contributed by atoms with van der Waals surface area (Å²) >= 11 is 0. The zero-order valence-corrected chi connectivity index (χ0v) is 15.7. The molecule has 2 aromatic rings. The molecule has 0 aliphatic carbocycles. The van der Waals surface area contributed by atoms with Crippen LogP contribution in [0.2, 0.25) is 0 Å². The second-order valence-corrected chi connectivity index (χ2v) is 6.61. The lowest BCUT2D eigenvalue weighted by Gasteiger charge is -2.42. The van der Waals surface area contributed by atoms with Crippen molar-refractivity contribution in [2.45, 2.75) is 49.8 Å². The number of nitrogens with zero attached hydrogens (tertiary/aromatic N) is 3. The number of aromatic amines is 1. The molecule has 29 heavy (non-hydrogen) atoms. The van der Waals surface area contributed by atoms with Crippen LogP contribution < -0.4 is 11.3 Å². The van der Waals surface area contributed by atoms with Gasteiger partial charge in [-0.1, -0.05) is 0 Å². The van der Waals surface area contributed by atoms with Gasteiger partial charge in [0.05, 0.1) is 24.6 Å². The fraction of sp³-hybridized carbons (Fsp3) is 0.625. The maximum absolute atomic E-state index is 12.0. The number of hydrogen-bond donors (Lipinski definition) is 6. The normalized spacial score (nSPS) is 29.7. The second-order valence-electron chi connectivity index (χ2n) is 6.61. The van der Waals surface area contributed by atoms with Gasteiger partial charge in [-0.2, -0.15) is 4.98 Å². The van der Waals surface area contributed by atoms with Crippen LogP contribution in [0.3, 0.4) is 0 Å². The van der Waals surface area contributed by atoms with Crippen LogP contribution in [0.4, 0.5) is 5.95 Å². The summed E-state index contributed by atoms with van der Waals surface area (Å²) in [4.78, 5) is 26.1. The molecule has 160 valence electrons. The lowest BCUT2D eigenvalue weighted by Crippen LogP contribution is -2.60. The zero-order chi connectivity index (χ0) is 21.3. The van der Waals surface area contributed by atoms with Gasteiger partial charge in [-0.3, -0.25) is 9.78 Å². The molecule has 1 fully saturated rings. The molecule has 0 saturated carbocycles. The fourth-order valence-electron chi connectivity index (χ4n) is 3.06. The molecule has 2 aromatic heterocycles. The van der Waals surface area contributed by atoms with Crippen molar-refractivity contribution in [3.63, 3.8) is 0 Å². The van der Waals surface area contributed by atoms with Gasteiger partial charge in [0.2, 0.25) is 5.95 Å². The summed E-state index contributed by atoms with van der Waals surface area (Å²) in [6, 6.07) is 0. The van der Waals surface area contributed by atoms with Gasteiger partial charge in [0.15, 0.2) is 17.5 Å². The minimum Gasteiger partial charge on any atom is -0.394 e. The van der Waals surface area contributed by atoms with E-state index in [-0.39, 0.29) is 22.8 Å². The number of nitrogens with two attached hydrogens (primary N) is 1. The van der Waals surface area contributed by atoms with Crippen LogP contribution >= 0.6 is 0 Å². The summed E-state index contributed by atoms with van der Waals surface area (Å²) in [6.45, 7) is 0.957. The smallest absolute Gasteiger partial charge is 0.280 e. The van der Waals surface area contributed by atoms with E-state index >= 15 is 0 Å². The van der Waals surface area contributed by atoms with Gasteiger partial charge in [0.25, 0.3) is 5.56 Å². The monoisotopic (exact) mass is 413 g/mol. The molecule has 0 spiro atoms. The Morgan fingerprint density at radius 3 is 2.72 bits per heavy atom. The molecule has 0 aromatic carbocycles. The number of aliphatic hydroxyl groups excluding tert-OH is 4. The first-order chi connectivity index (χ1) is 13.8. The van der Waals surface area contributed by atoms with Crippen molar-refractivity contribution in [1.82, 2.24) is 19.9 Å². The lowest BCUT2D eigenvalue weighted by molar-refractivity contribution is -0.318. The highest BCUT2D eigenvalue weighted by Crippen LogP contribution is 2.27. The molecule has 1 aliphatic heterocycles. The zero-order valence-electron chi connectivity index (χ0n) is 15.7. The molecule has 0 amide bonds. The van der Waals surface area contributed by atoms with E-state index in [1.165, 1.54) is 20.2 Å². The molecular formula is C16H23N5O8. The highest BCUT2D eigenvalue weighted by molar-refractivity contribution is 5.69. The van der Waals surface area contributed by atoms with Gasteiger partial charge in [-0.05, 0) is 6.92 Å². The van der Waals surface area contributed by atoms with Crippen LogP contribution in [0.5, 0.6) is 0 Å². The van der Waals surface area contributed by atoms with E-state index in [2.05, 4.69) is 19.9 Å². The van der Waals surface area contributed by atoms with Crippen LogP contribution in [0.25, 0.3) is 11.2 Å². The van der Waals surface area contributed by atoms with Crippen LogP contribution in [-0.4, -0.2) is 90.9 Å². The van der Waals surface area contributed by atoms with Gasteiger partial charge in [0, 0.05) is 7.11 Å². The molecule has 7 unspecified atom stereocenters. The van der Waals surface area contributed by atoms with Gasteiger partial charge in [-0.25, -0.2) is 9.97 Å². The van der Waals surface area contributed by atoms with Gasteiger partial charge in [0.1, 0.15) is 30.5 Å². The van der Waals surface area contributed by atoms with Crippen LogP contribution in [0.15, 0.2) is 11.0 Å². The van der Waals surface area contributed by atoms with E-state index < -0.39 is 55.1 Å². The quantitative estimate of drug-likeness (QED) is 0.284. The standard InChI is InChI=1S/C16H23N5O8/c1-5(28-15-11(25)12(27-2)10(24)7(4-22)29-15)9(23)6-3-18-13-8(19-6)14(26)21-16(17)20-13/h3,5,7,9-12,15,22-25H,4H2,1-2H3,(H3,17,18,20,21,26). The maximum atomic E-state index is 12.0. The topological polar surface area (TPSA) is 206 Å². The van der Waals surface area contributed by atoms with E-state index in [9.17, 15) is 25.2 Å². The summed E-state index contributed by atoms with van der Waals surface area (Å²) in [5, 5.41) is 40.3. The van der Waals surface area contributed by atoms with Crippen molar-refractivity contribution in [3.8, 4) is 0 Å². The number of H-pyrrole nitrogens is 1. The first-order valence-corrected chi connectivity index (χ1v) is 8.78. The molecular weight excluding hydrogens is 390 g/mol. The van der Waals surface area contributed by atoms with Crippen molar-refractivity contribution in [3.05, 3.63) is 22.2 Å². The minimum atomic E-state index is -1.38. The van der Waals surface area contributed by atoms with E-state index in [1.807, 2.05) is 0 Å². The Balaban J connectivity index is 1.78. The summed E-state index contributed by atoms with van der Waals surface area (Å²) in [5.74, 6) is -0.112. The van der Waals surface area contributed by atoms with Crippen LogP contribution in [0, 0.1) is 0 Å². The first kappa shape index (κ1) is 21.4. The number of hydrogen-bond acceptors (Lipinski definition) is 12. The highest BCUT2D eigenvalue weighted by Gasteiger charge is 2.46. The Hall–Kier alpha value is -2.26. The number of fused-ring (bicyclic) bond motifs is 1. The fourth-order valence-corrected chi connectivity index (χ4v) is 3.06. The van der Waals surface area contributed by atoms with E-state index in [1.54, 1.807) is 0 Å². The Labute approximate surface area is 164 Å². The molecule has 0 bridgehead atoms. The van der Waals surface area contributed by atoms with Crippen molar-refractivity contribution in [1.29, 1.82) is 0 Å². The second kappa shape index (κ2) is 8.62. The van der Waals surface area contributed by atoms with Crippen molar-refractivity contribution in [2.75, 3.05) is 19.5 Å². The summed E-state index contributed by atoms with van der Waals surface area (Å²) in [7, 11) is 1.29. The number of rotatable bonds is 6. The molecule has 7 atom stereocenters. The summed E-state index contributed by atoms with van der Waals surface area (Å²) < 4.78 is 16.0. The number of anilines is 1. The third kappa shape index (κ3) is 4.20. The van der Waals surface area contributed by atoms with Gasteiger partial charge >= 0.3 is 0 Å². The molecule has 3 rings (SSSR count). The minimum absolute atomic E-state index is 0.0181. The Bertz CT molecular complexity index is 910. The number of ether oxygens (including phenoxy) is 3. The molecule has 3 heterocycles. The molecule has 1 aliphatic rings. The van der Waals surface area contributed by atoms with Gasteiger partial charge in [-0.15, -0.1) is 0 Å². The number of aliphatic hydroxyl groups is 4.